The summed E-state index contributed by atoms with van der Waals surface area (Å²) in [6.45, 7) is 8.22. The normalized spacial score (nSPS) is 11.0. The van der Waals surface area contributed by atoms with E-state index in [1.54, 1.807) is 24.3 Å². The smallest absolute Gasteiger partial charge is 0.331 e. The number of anilines is 1. The molecule has 8 nitrogen and oxygen atoms in total. The van der Waals surface area contributed by atoms with Crippen molar-refractivity contribution in [2.75, 3.05) is 11.9 Å². The summed E-state index contributed by atoms with van der Waals surface area (Å²) in [4.78, 5) is 52.1. The van der Waals surface area contributed by atoms with Crippen molar-refractivity contribution >= 4 is 28.4 Å². The van der Waals surface area contributed by atoms with Crippen LogP contribution in [-0.4, -0.2) is 27.5 Å². The number of hydrogen-bond acceptors (Lipinski definition) is 4. The molecule has 1 heterocycles. The molecule has 0 unspecified atom stereocenters. The number of aromatic nitrogens is 2. The number of carbonyl (C=O) groups excluding carboxylic acids is 2. The van der Waals surface area contributed by atoms with Gasteiger partial charge in [0.25, 0.3) is 5.56 Å². The largest absolute Gasteiger partial charge is 0.356 e. The maximum absolute atomic E-state index is 13.4. The highest BCUT2D eigenvalue weighted by atomic mass is 16.2. The van der Waals surface area contributed by atoms with Crippen molar-refractivity contribution in [2.45, 2.75) is 60.0 Å². The van der Waals surface area contributed by atoms with Crippen LogP contribution >= 0.6 is 0 Å². The minimum Gasteiger partial charge on any atom is -0.356 e. The molecule has 8 heteroatoms. The maximum Gasteiger partial charge on any atom is 0.331 e. The second-order valence-corrected chi connectivity index (χ2v) is 10.4. The molecular weight excluding hydrogens is 504 g/mol. The van der Waals surface area contributed by atoms with Gasteiger partial charge in [0.15, 0.2) is 0 Å². The van der Waals surface area contributed by atoms with Crippen LogP contribution in [0.4, 0.5) is 5.69 Å². The zero-order valence-electron chi connectivity index (χ0n) is 23.5. The van der Waals surface area contributed by atoms with Crippen molar-refractivity contribution in [3.8, 4) is 0 Å². The number of benzene rings is 3. The van der Waals surface area contributed by atoms with Crippen molar-refractivity contribution < 1.29 is 9.59 Å². The first-order chi connectivity index (χ1) is 19.1. The van der Waals surface area contributed by atoms with E-state index in [4.69, 9.17) is 0 Å². The highest BCUT2D eigenvalue weighted by molar-refractivity contribution is 5.93. The zero-order valence-corrected chi connectivity index (χ0v) is 23.5. The van der Waals surface area contributed by atoms with E-state index in [2.05, 4.69) is 10.6 Å². The monoisotopic (exact) mass is 540 g/mol. The Morgan fingerprint density at radius 3 is 2.17 bits per heavy atom. The molecule has 40 heavy (non-hydrogen) atoms. The lowest BCUT2D eigenvalue weighted by Gasteiger charge is -2.16. The van der Waals surface area contributed by atoms with E-state index in [0.29, 0.717) is 23.9 Å². The maximum atomic E-state index is 13.4. The Bertz CT molecular complexity index is 1640. The van der Waals surface area contributed by atoms with E-state index in [1.165, 1.54) is 10.1 Å². The summed E-state index contributed by atoms with van der Waals surface area (Å²) in [5.74, 6) is -0.495. The number of amides is 2. The number of nitrogens with zero attached hydrogens (tertiary/aromatic N) is 2. The van der Waals surface area contributed by atoms with Crippen molar-refractivity contribution in [3.63, 3.8) is 0 Å². The lowest BCUT2D eigenvalue weighted by molar-refractivity contribution is -0.121. The molecule has 0 aliphatic rings. The van der Waals surface area contributed by atoms with Crippen LogP contribution in [0.25, 0.3) is 10.9 Å². The van der Waals surface area contributed by atoms with Crippen LogP contribution < -0.4 is 21.9 Å². The molecule has 0 radical (unpaired) electrons. The zero-order chi connectivity index (χ0) is 28.8. The van der Waals surface area contributed by atoms with E-state index in [-0.39, 0.29) is 31.3 Å². The molecule has 0 aliphatic carbocycles. The number of aryl methyl sites for hydroxylation is 4. The highest BCUT2D eigenvalue weighted by Gasteiger charge is 2.17. The second kappa shape index (κ2) is 12.6. The van der Waals surface area contributed by atoms with Crippen LogP contribution in [0, 0.1) is 27.7 Å². The van der Waals surface area contributed by atoms with Gasteiger partial charge in [-0.2, -0.15) is 0 Å². The van der Waals surface area contributed by atoms with E-state index in [0.717, 1.165) is 38.9 Å². The molecule has 1 aromatic heterocycles. The lowest BCUT2D eigenvalue weighted by Crippen LogP contribution is -2.42. The third-order valence-corrected chi connectivity index (χ3v) is 7.02. The number of carbonyl (C=O) groups is 2. The van der Waals surface area contributed by atoms with Crippen LogP contribution in [0.2, 0.25) is 0 Å². The molecule has 4 aromatic rings. The second-order valence-electron chi connectivity index (χ2n) is 10.4. The van der Waals surface area contributed by atoms with Crippen LogP contribution in [0.15, 0.2) is 70.3 Å². The van der Waals surface area contributed by atoms with Gasteiger partial charge in [-0.15, -0.1) is 0 Å². The van der Waals surface area contributed by atoms with Gasteiger partial charge in [0, 0.05) is 25.2 Å². The van der Waals surface area contributed by atoms with Gasteiger partial charge in [-0.1, -0.05) is 59.7 Å². The molecule has 0 saturated carbocycles. The van der Waals surface area contributed by atoms with Crippen molar-refractivity contribution in [1.82, 2.24) is 14.5 Å². The molecule has 0 fully saturated rings. The van der Waals surface area contributed by atoms with Crippen LogP contribution in [0.3, 0.4) is 0 Å². The van der Waals surface area contributed by atoms with Crippen molar-refractivity contribution in [1.29, 1.82) is 0 Å². The standard InChI is InChI=1S/C32H36N4O4/c1-21-11-13-25(14-12-21)15-16-33-28(37)10-7-17-35-31(39)26-8-5-6-9-27(26)36(32(35)40)20-29(38)34-30-23(3)18-22(2)19-24(30)4/h5-6,8-9,11-14,18-19H,7,10,15-17,20H2,1-4H3,(H,33,37)(H,34,38). The summed E-state index contributed by atoms with van der Waals surface area (Å²) in [5.41, 5.74) is 5.42. The van der Waals surface area contributed by atoms with Gasteiger partial charge < -0.3 is 10.6 Å². The lowest BCUT2D eigenvalue weighted by atomic mass is 10.1. The van der Waals surface area contributed by atoms with Crippen LogP contribution in [0.5, 0.6) is 0 Å². The van der Waals surface area contributed by atoms with Gasteiger partial charge in [0.05, 0.1) is 10.9 Å². The molecule has 208 valence electrons. The molecule has 2 N–H and O–H groups in total. The summed E-state index contributed by atoms with van der Waals surface area (Å²) in [7, 11) is 0. The minimum absolute atomic E-state index is 0.0751. The van der Waals surface area contributed by atoms with Gasteiger partial charge >= 0.3 is 5.69 Å². The van der Waals surface area contributed by atoms with Crippen molar-refractivity contribution in [2.24, 2.45) is 0 Å². The Balaban J connectivity index is 1.45. The molecule has 2 amide bonds. The summed E-state index contributed by atoms with van der Waals surface area (Å²) < 4.78 is 2.45. The van der Waals surface area contributed by atoms with Gasteiger partial charge in [-0.3, -0.25) is 23.5 Å². The molecule has 0 saturated heterocycles. The summed E-state index contributed by atoms with van der Waals surface area (Å²) >= 11 is 0. The Morgan fingerprint density at radius 2 is 1.48 bits per heavy atom. The Hall–Kier alpha value is -4.46. The fourth-order valence-electron chi connectivity index (χ4n) is 5.01. The number of rotatable bonds is 10. The molecule has 4 rings (SSSR count). The van der Waals surface area contributed by atoms with Crippen LogP contribution in [0.1, 0.15) is 40.7 Å². The number of nitrogens with one attached hydrogen (secondary N) is 2. The van der Waals surface area contributed by atoms with Crippen LogP contribution in [-0.2, 0) is 29.1 Å². The summed E-state index contributed by atoms with van der Waals surface area (Å²) in [6, 6.07) is 18.9. The molecule has 0 atom stereocenters. The van der Waals surface area contributed by atoms with Gasteiger partial charge in [-0.05, 0) is 69.4 Å². The van der Waals surface area contributed by atoms with Crippen molar-refractivity contribution in [3.05, 3.63) is 109 Å². The molecular formula is C32H36N4O4. The predicted molar refractivity (Wildman–Crippen MR) is 159 cm³/mol. The average molecular weight is 541 g/mol. The SMILES string of the molecule is Cc1ccc(CCNC(=O)CCCn2c(=O)c3ccccc3n(CC(=O)Nc3c(C)cc(C)cc3C)c2=O)cc1. The first-order valence-electron chi connectivity index (χ1n) is 13.6. The Morgan fingerprint density at radius 1 is 0.800 bits per heavy atom. The van der Waals surface area contributed by atoms with E-state index < -0.39 is 11.2 Å². The Kier molecular flexibility index (Phi) is 8.99. The predicted octanol–water partition coefficient (Wildman–Crippen LogP) is 4.17. The van der Waals surface area contributed by atoms with Gasteiger partial charge in [-0.25, -0.2) is 4.79 Å². The molecule has 0 aliphatic heterocycles. The van der Waals surface area contributed by atoms with E-state index >= 15 is 0 Å². The number of fused-ring (bicyclic) bond motifs is 1. The number of hydrogen-bond donors (Lipinski definition) is 2. The quantitative estimate of drug-likeness (QED) is 0.315. The first-order valence-corrected chi connectivity index (χ1v) is 13.6. The van der Waals surface area contributed by atoms with E-state index in [9.17, 15) is 19.2 Å². The molecule has 3 aromatic carbocycles. The van der Waals surface area contributed by atoms with Gasteiger partial charge in [0.2, 0.25) is 11.8 Å². The topological polar surface area (TPSA) is 102 Å². The first kappa shape index (κ1) is 28.5. The Labute approximate surface area is 233 Å². The molecule has 0 bridgehead atoms. The molecule has 0 spiro atoms. The minimum atomic E-state index is -0.573. The fraction of sp³-hybridized carbons (Fsp3) is 0.312. The van der Waals surface area contributed by atoms with E-state index in [1.807, 2.05) is 64.1 Å². The number of para-hydroxylation sites is 1. The average Bonchev–Trinajstić information content (AvgIpc) is 2.91. The highest BCUT2D eigenvalue weighted by Crippen LogP contribution is 2.22. The summed E-state index contributed by atoms with van der Waals surface area (Å²) in [6.07, 6.45) is 1.22. The van der Waals surface area contributed by atoms with Gasteiger partial charge in [0.1, 0.15) is 6.54 Å². The third kappa shape index (κ3) is 6.75. The fourth-order valence-corrected chi connectivity index (χ4v) is 5.01. The summed E-state index contributed by atoms with van der Waals surface area (Å²) in [5, 5.41) is 6.18. The third-order valence-electron chi connectivity index (χ3n) is 7.02.